The van der Waals surface area contributed by atoms with Gasteiger partial charge in [0, 0.05) is 11.7 Å². The number of hydrogen-bond acceptors (Lipinski definition) is 4. The van der Waals surface area contributed by atoms with Crippen LogP contribution in [0.5, 0.6) is 5.75 Å². The number of methoxy groups -OCH3 is 1. The lowest BCUT2D eigenvalue weighted by Crippen LogP contribution is -2.19. The van der Waals surface area contributed by atoms with E-state index in [1.807, 2.05) is 48.5 Å². The molecule has 0 aliphatic carbocycles. The zero-order chi connectivity index (χ0) is 15.1. The van der Waals surface area contributed by atoms with Crippen molar-refractivity contribution < 1.29 is 9.53 Å². The molecule has 3 aromatic rings. The molecule has 1 aliphatic heterocycles. The summed E-state index contributed by atoms with van der Waals surface area (Å²) in [6.07, 6.45) is 0.477. The Bertz CT molecular complexity index is 855. The third kappa shape index (κ3) is 2.09. The van der Waals surface area contributed by atoms with Gasteiger partial charge in [-0.25, -0.2) is 4.98 Å². The van der Waals surface area contributed by atoms with Crippen molar-refractivity contribution in [2.24, 2.45) is 0 Å². The second-order valence-corrected chi connectivity index (χ2v) is 6.37. The van der Waals surface area contributed by atoms with Crippen LogP contribution in [0.25, 0.3) is 11.0 Å². The summed E-state index contributed by atoms with van der Waals surface area (Å²) in [6.45, 7) is 0. The van der Waals surface area contributed by atoms with Crippen LogP contribution in [0.15, 0.2) is 53.7 Å². The molecular formula is C17H14N2O2S. The molecule has 1 aromatic heterocycles. The number of fused-ring (bicyclic) bond motifs is 3. The lowest BCUT2D eigenvalue weighted by atomic mass is 10.1. The molecule has 0 bridgehead atoms. The van der Waals surface area contributed by atoms with E-state index in [9.17, 15) is 4.79 Å². The van der Waals surface area contributed by atoms with Crippen LogP contribution in [-0.4, -0.2) is 22.6 Å². The van der Waals surface area contributed by atoms with Crippen molar-refractivity contribution in [3.05, 3.63) is 54.1 Å². The van der Waals surface area contributed by atoms with E-state index in [0.29, 0.717) is 6.42 Å². The van der Waals surface area contributed by atoms with Crippen molar-refractivity contribution in [3.8, 4) is 5.75 Å². The minimum atomic E-state index is 0.0997. The van der Waals surface area contributed by atoms with E-state index in [4.69, 9.17) is 4.74 Å². The third-order valence-corrected chi connectivity index (χ3v) is 5.08. The van der Waals surface area contributed by atoms with E-state index in [1.165, 1.54) is 0 Å². The van der Waals surface area contributed by atoms with Crippen LogP contribution >= 0.6 is 11.8 Å². The number of para-hydroxylation sites is 2. The number of thioether (sulfide) groups is 1. The maximum Gasteiger partial charge on any atom is 0.234 e. The minimum Gasteiger partial charge on any atom is -0.497 e. The highest BCUT2D eigenvalue weighted by molar-refractivity contribution is 7.99. The molecule has 0 unspecified atom stereocenters. The van der Waals surface area contributed by atoms with Gasteiger partial charge in [-0.15, -0.1) is 0 Å². The van der Waals surface area contributed by atoms with Gasteiger partial charge in [-0.1, -0.05) is 36.0 Å². The number of ether oxygens (including phenoxy) is 1. The van der Waals surface area contributed by atoms with Crippen LogP contribution < -0.4 is 4.74 Å². The second-order valence-electron chi connectivity index (χ2n) is 5.20. The fourth-order valence-electron chi connectivity index (χ4n) is 2.75. The topological polar surface area (TPSA) is 44.1 Å². The average molecular weight is 310 g/mol. The predicted octanol–water partition coefficient (Wildman–Crippen LogP) is 3.92. The molecule has 2 heterocycles. The van der Waals surface area contributed by atoms with Gasteiger partial charge in [0.25, 0.3) is 0 Å². The summed E-state index contributed by atoms with van der Waals surface area (Å²) in [5, 5.41) is 0.876. The molecule has 110 valence electrons. The van der Waals surface area contributed by atoms with Gasteiger partial charge >= 0.3 is 0 Å². The van der Waals surface area contributed by atoms with E-state index in [1.54, 1.807) is 23.4 Å². The van der Waals surface area contributed by atoms with Gasteiger partial charge in [0.05, 0.1) is 18.1 Å². The number of nitrogens with zero attached hydrogens (tertiary/aromatic N) is 2. The summed E-state index contributed by atoms with van der Waals surface area (Å²) in [4.78, 5) is 17.1. The molecule has 0 fully saturated rings. The van der Waals surface area contributed by atoms with Crippen molar-refractivity contribution in [3.63, 3.8) is 0 Å². The van der Waals surface area contributed by atoms with E-state index < -0.39 is 0 Å². The first-order valence-corrected chi connectivity index (χ1v) is 7.95. The molecule has 1 atom stereocenters. The lowest BCUT2D eigenvalue weighted by molar-refractivity contribution is 0.0891. The standard InChI is InChI=1S/C17H14N2O2S/c1-21-12-8-6-11(7-9-12)15-10-16(20)19-14-5-3-2-4-13(14)18-17(19)22-15/h2-9,15H,10H2,1H3/t15-/m0/s1. The Morgan fingerprint density at radius 3 is 2.73 bits per heavy atom. The molecule has 4 rings (SSSR count). The van der Waals surface area contributed by atoms with Crippen LogP contribution in [0.2, 0.25) is 0 Å². The van der Waals surface area contributed by atoms with E-state index in [-0.39, 0.29) is 11.2 Å². The summed E-state index contributed by atoms with van der Waals surface area (Å²) in [6, 6.07) is 15.7. The zero-order valence-electron chi connectivity index (χ0n) is 12.0. The number of rotatable bonds is 2. The Labute approximate surface area is 132 Å². The fourth-order valence-corrected chi connectivity index (χ4v) is 3.98. The molecule has 5 heteroatoms. The van der Waals surface area contributed by atoms with Crippen LogP contribution in [0, 0.1) is 0 Å². The van der Waals surface area contributed by atoms with Gasteiger partial charge in [-0.05, 0) is 29.8 Å². The minimum absolute atomic E-state index is 0.0997. The van der Waals surface area contributed by atoms with Crippen LogP contribution in [-0.2, 0) is 0 Å². The molecule has 0 amide bonds. The Balaban J connectivity index is 1.73. The number of carbonyl (C=O) groups excluding carboxylic acids is 1. The lowest BCUT2D eigenvalue weighted by Gasteiger charge is -2.22. The molecule has 0 N–H and O–H groups in total. The number of benzene rings is 2. The Morgan fingerprint density at radius 2 is 1.95 bits per heavy atom. The largest absolute Gasteiger partial charge is 0.497 e. The molecule has 4 nitrogen and oxygen atoms in total. The Morgan fingerprint density at radius 1 is 1.18 bits per heavy atom. The van der Waals surface area contributed by atoms with Crippen LogP contribution in [0.1, 0.15) is 22.0 Å². The van der Waals surface area contributed by atoms with Crippen molar-refractivity contribution >= 4 is 28.7 Å². The second kappa shape index (κ2) is 5.18. The maximum atomic E-state index is 12.6. The molecule has 0 saturated carbocycles. The molecule has 22 heavy (non-hydrogen) atoms. The van der Waals surface area contributed by atoms with Gasteiger partial charge in [-0.2, -0.15) is 0 Å². The summed E-state index contributed by atoms with van der Waals surface area (Å²) in [5.74, 6) is 0.923. The first-order valence-electron chi connectivity index (χ1n) is 7.07. The van der Waals surface area contributed by atoms with Crippen molar-refractivity contribution in [2.75, 3.05) is 7.11 Å². The number of aromatic nitrogens is 2. The molecule has 0 spiro atoms. The quantitative estimate of drug-likeness (QED) is 0.719. The normalized spacial score (nSPS) is 17.5. The zero-order valence-corrected chi connectivity index (χ0v) is 12.8. The first-order chi connectivity index (χ1) is 10.8. The van der Waals surface area contributed by atoms with Crippen molar-refractivity contribution in [1.29, 1.82) is 0 Å². The van der Waals surface area contributed by atoms with E-state index in [0.717, 1.165) is 27.5 Å². The average Bonchev–Trinajstić information content (AvgIpc) is 2.93. The predicted molar refractivity (Wildman–Crippen MR) is 86.6 cm³/mol. The van der Waals surface area contributed by atoms with Gasteiger partial charge < -0.3 is 4.74 Å². The van der Waals surface area contributed by atoms with Gasteiger partial charge in [0.15, 0.2) is 5.16 Å². The monoisotopic (exact) mass is 310 g/mol. The summed E-state index contributed by atoms with van der Waals surface area (Å²) >= 11 is 1.64. The third-order valence-electron chi connectivity index (χ3n) is 3.87. The maximum absolute atomic E-state index is 12.6. The highest BCUT2D eigenvalue weighted by Gasteiger charge is 2.29. The van der Waals surface area contributed by atoms with E-state index >= 15 is 0 Å². The molecule has 1 aliphatic rings. The highest BCUT2D eigenvalue weighted by atomic mass is 32.2. The van der Waals surface area contributed by atoms with Gasteiger partial charge in [-0.3, -0.25) is 9.36 Å². The molecule has 0 radical (unpaired) electrons. The molecule has 0 saturated heterocycles. The Kier molecular flexibility index (Phi) is 3.15. The highest BCUT2D eigenvalue weighted by Crippen LogP contribution is 2.43. The van der Waals surface area contributed by atoms with Crippen LogP contribution in [0.4, 0.5) is 0 Å². The summed E-state index contributed by atoms with van der Waals surface area (Å²) < 4.78 is 6.92. The smallest absolute Gasteiger partial charge is 0.234 e. The van der Waals surface area contributed by atoms with E-state index in [2.05, 4.69) is 4.98 Å². The van der Waals surface area contributed by atoms with Gasteiger partial charge in [0.1, 0.15) is 5.75 Å². The fraction of sp³-hybridized carbons (Fsp3) is 0.176. The number of imidazole rings is 1. The van der Waals surface area contributed by atoms with Crippen molar-refractivity contribution in [2.45, 2.75) is 16.8 Å². The molecule has 2 aromatic carbocycles. The van der Waals surface area contributed by atoms with Crippen LogP contribution in [0.3, 0.4) is 0 Å². The number of carbonyl (C=O) groups is 1. The SMILES string of the molecule is COc1ccc([C@@H]2CC(=O)n3c(nc4ccccc43)S2)cc1. The number of hydrogen-bond donors (Lipinski definition) is 0. The first kappa shape index (κ1) is 13.4. The summed E-state index contributed by atoms with van der Waals surface area (Å²) in [5.41, 5.74) is 2.88. The Hall–Kier alpha value is -2.27. The summed E-state index contributed by atoms with van der Waals surface area (Å²) in [7, 11) is 1.65. The van der Waals surface area contributed by atoms with Crippen molar-refractivity contribution in [1.82, 2.24) is 9.55 Å². The van der Waals surface area contributed by atoms with Gasteiger partial charge in [0.2, 0.25) is 5.91 Å². The molecular weight excluding hydrogens is 296 g/mol.